The number of ether oxygens (including phenoxy) is 1. The van der Waals surface area contributed by atoms with Crippen molar-refractivity contribution < 1.29 is 17.9 Å². The summed E-state index contributed by atoms with van der Waals surface area (Å²) in [6, 6.07) is 8.72. The Bertz CT molecular complexity index is 760. The van der Waals surface area contributed by atoms with Crippen LogP contribution in [-0.4, -0.2) is 26.4 Å². The number of aromatic nitrogens is 1. The third kappa shape index (κ3) is 3.29. The lowest BCUT2D eigenvalue weighted by Gasteiger charge is -2.11. The summed E-state index contributed by atoms with van der Waals surface area (Å²) in [7, 11) is -2.62. The van der Waals surface area contributed by atoms with E-state index in [0.29, 0.717) is 0 Å². The number of anilines is 1. The average Bonchev–Trinajstić information content (AvgIpc) is 2.47. The van der Waals surface area contributed by atoms with Crippen LogP contribution in [0.4, 0.5) is 5.82 Å². The van der Waals surface area contributed by atoms with Crippen molar-refractivity contribution in [2.45, 2.75) is 4.90 Å². The lowest BCUT2D eigenvalue weighted by atomic mass is 10.2. The zero-order chi connectivity index (χ0) is 15.5. The molecule has 0 radical (unpaired) electrons. The number of hydrogen-bond donors (Lipinski definition) is 2. The number of primary amides is 1. The van der Waals surface area contributed by atoms with Gasteiger partial charge in [-0.05, 0) is 30.3 Å². The highest BCUT2D eigenvalue weighted by Gasteiger charge is 2.21. The molecule has 0 aliphatic heterocycles. The van der Waals surface area contributed by atoms with Crippen molar-refractivity contribution >= 4 is 21.7 Å². The summed E-state index contributed by atoms with van der Waals surface area (Å²) in [6.45, 7) is 0. The Balaban J connectivity index is 2.48. The molecule has 0 aliphatic rings. The first-order chi connectivity index (χ1) is 9.94. The molecule has 1 aromatic carbocycles. The van der Waals surface area contributed by atoms with Crippen molar-refractivity contribution in [1.29, 1.82) is 0 Å². The van der Waals surface area contributed by atoms with Crippen LogP contribution in [0, 0.1) is 0 Å². The minimum atomic E-state index is -3.96. The van der Waals surface area contributed by atoms with Crippen LogP contribution in [-0.2, 0) is 10.0 Å². The molecule has 0 saturated heterocycles. The van der Waals surface area contributed by atoms with Crippen molar-refractivity contribution in [2.24, 2.45) is 5.73 Å². The maximum Gasteiger partial charge on any atom is 0.266 e. The van der Waals surface area contributed by atoms with Gasteiger partial charge in [-0.2, -0.15) is 0 Å². The van der Waals surface area contributed by atoms with E-state index in [-0.39, 0.29) is 22.0 Å². The number of rotatable bonds is 5. The molecule has 2 rings (SSSR count). The highest BCUT2D eigenvalue weighted by molar-refractivity contribution is 7.92. The number of sulfonamides is 1. The summed E-state index contributed by atoms with van der Waals surface area (Å²) in [6.07, 6.45) is 1.45. The van der Waals surface area contributed by atoms with Crippen LogP contribution in [0.2, 0.25) is 0 Å². The smallest absolute Gasteiger partial charge is 0.266 e. The van der Waals surface area contributed by atoms with E-state index in [1.807, 2.05) is 0 Å². The number of nitrogens with zero attached hydrogens (tertiary/aromatic N) is 1. The van der Waals surface area contributed by atoms with Gasteiger partial charge >= 0.3 is 0 Å². The van der Waals surface area contributed by atoms with Gasteiger partial charge in [-0.15, -0.1) is 0 Å². The number of pyridine rings is 1. The predicted octanol–water partition coefficient (Wildman–Crippen LogP) is 0.990. The van der Waals surface area contributed by atoms with Gasteiger partial charge in [0.05, 0.1) is 7.11 Å². The molecule has 1 heterocycles. The maximum atomic E-state index is 12.4. The van der Waals surface area contributed by atoms with Crippen LogP contribution in [0.3, 0.4) is 0 Å². The highest BCUT2D eigenvalue weighted by atomic mass is 32.2. The van der Waals surface area contributed by atoms with Crippen LogP contribution >= 0.6 is 0 Å². The molecule has 0 aliphatic carbocycles. The molecular weight excluding hydrogens is 294 g/mol. The summed E-state index contributed by atoms with van der Waals surface area (Å²) >= 11 is 0. The maximum absolute atomic E-state index is 12.4. The largest absolute Gasteiger partial charge is 0.495 e. The normalized spacial score (nSPS) is 10.9. The Morgan fingerprint density at radius 2 is 2.05 bits per heavy atom. The van der Waals surface area contributed by atoms with Gasteiger partial charge in [0.25, 0.3) is 10.0 Å². The molecule has 7 nitrogen and oxygen atoms in total. The minimum Gasteiger partial charge on any atom is -0.495 e. The van der Waals surface area contributed by atoms with Crippen molar-refractivity contribution in [2.75, 3.05) is 11.8 Å². The number of nitrogens with two attached hydrogens (primary N) is 1. The number of nitrogens with one attached hydrogen (secondary N) is 1. The zero-order valence-corrected chi connectivity index (χ0v) is 11.9. The molecule has 0 bridgehead atoms. The third-order valence-corrected chi connectivity index (χ3v) is 4.02. The predicted molar refractivity (Wildman–Crippen MR) is 76.6 cm³/mol. The lowest BCUT2D eigenvalue weighted by Crippen LogP contribution is -2.17. The average molecular weight is 307 g/mol. The molecule has 0 atom stereocenters. The highest BCUT2D eigenvalue weighted by Crippen LogP contribution is 2.26. The van der Waals surface area contributed by atoms with Crippen LogP contribution in [0.5, 0.6) is 5.75 Å². The number of carbonyl (C=O) groups is 1. The second-order valence-electron chi connectivity index (χ2n) is 4.05. The fourth-order valence-corrected chi connectivity index (χ4v) is 2.86. The van der Waals surface area contributed by atoms with Gasteiger partial charge in [0.15, 0.2) is 0 Å². The molecule has 8 heteroatoms. The number of amides is 1. The second kappa shape index (κ2) is 5.80. The molecule has 1 amide bonds. The first-order valence-corrected chi connectivity index (χ1v) is 7.34. The molecule has 3 N–H and O–H groups in total. The van der Waals surface area contributed by atoms with E-state index < -0.39 is 15.9 Å². The Hall–Kier alpha value is -2.61. The monoisotopic (exact) mass is 307 g/mol. The Morgan fingerprint density at radius 3 is 2.62 bits per heavy atom. The van der Waals surface area contributed by atoms with Gasteiger partial charge in [-0.1, -0.05) is 6.07 Å². The molecule has 0 unspecified atom stereocenters. The van der Waals surface area contributed by atoms with E-state index in [0.717, 1.165) is 6.07 Å². The lowest BCUT2D eigenvalue weighted by molar-refractivity contribution is 0.1000. The van der Waals surface area contributed by atoms with E-state index in [1.165, 1.54) is 31.5 Å². The summed E-state index contributed by atoms with van der Waals surface area (Å²) in [5.74, 6) is -0.473. The summed E-state index contributed by atoms with van der Waals surface area (Å²) in [4.78, 5) is 14.9. The minimum absolute atomic E-state index is 0.0668. The van der Waals surface area contributed by atoms with Crippen LogP contribution in [0.25, 0.3) is 0 Å². The fourth-order valence-electron chi connectivity index (χ4n) is 1.66. The van der Waals surface area contributed by atoms with Crippen molar-refractivity contribution in [3.63, 3.8) is 0 Å². The number of methoxy groups -OCH3 is 1. The summed E-state index contributed by atoms with van der Waals surface area (Å²) in [5.41, 5.74) is 5.23. The van der Waals surface area contributed by atoms with Gasteiger partial charge < -0.3 is 10.5 Å². The first-order valence-electron chi connectivity index (χ1n) is 5.86. The molecule has 0 spiro atoms. The molecule has 0 saturated carbocycles. The SMILES string of the molecule is COc1ccc(C(N)=O)cc1S(=O)(=O)Nc1ccccn1. The van der Waals surface area contributed by atoms with Crippen molar-refractivity contribution in [3.05, 3.63) is 48.2 Å². The number of hydrogen-bond acceptors (Lipinski definition) is 5. The van der Waals surface area contributed by atoms with E-state index in [4.69, 9.17) is 10.5 Å². The molecule has 1 aromatic heterocycles. The van der Waals surface area contributed by atoms with Gasteiger partial charge in [0, 0.05) is 11.8 Å². The fraction of sp³-hybridized carbons (Fsp3) is 0.0769. The molecule has 110 valence electrons. The van der Waals surface area contributed by atoms with E-state index >= 15 is 0 Å². The van der Waals surface area contributed by atoms with Crippen LogP contribution < -0.4 is 15.2 Å². The van der Waals surface area contributed by atoms with E-state index in [1.54, 1.807) is 12.1 Å². The Kier molecular flexibility index (Phi) is 4.08. The number of carbonyl (C=O) groups excluding carboxylic acids is 1. The standard InChI is InChI=1S/C13H13N3O4S/c1-20-10-6-5-9(13(14)17)8-11(10)21(18,19)16-12-4-2-3-7-15-12/h2-8H,1H3,(H2,14,17)(H,15,16). The summed E-state index contributed by atoms with van der Waals surface area (Å²) < 4.78 is 32.1. The van der Waals surface area contributed by atoms with Crippen LogP contribution in [0.1, 0.15) is 10.4 Å². The quantitative estimate of drug-likeness (QED) is 0.855. The van der Waals surface area contributed by atoms with E-state index in [9.17, 15) is 13.2 Å². The topological polar surface area (TPSA) is 111 Å². The number of benzene rings is 1. The third-order valence-electron chi connectivity index (χ3n) is 2.64. The first kappa shape index (κ1) is 14.8. The summed E-state index contributed by atoms with van der Waals surface area (Å²) in [5, 5.41) is 0. The van der Waals surface area contributed by atoms with Gasteiger partial charge in [0.1, 0.15) is 16.5 Å². The van der Waals surface area contributed by atoms with Gasteiger partial charge in [0.2, 0.25) is 5.91 Å². The zero-order valence-electron chi connectivity index (χ0n) is 11.1. The van der Waals surface area contributed by atoms with Crippen LogP contribution in [0.15, 0.2) is 47.5 Å². The van der Waals surface area contributed by atoms with Gasteiger partial charge in [-0.3, -0.25) is 9.52 Å². The van der Waals surface area contributed by atoms with Gasteiger partial charge in [-0.25, -0.2) is 13.4 Å². The van der Waals surface area contributed by atoms with Crippen molar-refractivity contribution in [3.8, 4) is 5.75 Å². The molecule has 21 heavy (non-hydrogen) atoms. The second-order valence-corrected chi connectivity index (χ2v) is 5.70. The van der Waals surface area contributed by atoms with Crippen molar-refractivity contribution in [1.82, 2.24) is 4.98 Å². The molecule has 2 aromatic rings. The van der Waals surface area contributed by atoms with E-state index in [2.05, 4.69) is 9.71 Å². The Morgan fingerprint density at radius 1 is 1.29 bits per heavy atom. The molecular formula is C13H13N3O4S. The molecule has 0 fully saturated rings. The Labute approximate surface area is 121 Å².